The topological polar surface area (TPSA) is 38.1 Å². The Labute approximate surface area is 160 Å². The standard InChI is InChI=1S/C22H28FN3O/c1-22(2,3)20-13-19(25(4)24-20)21(27)26-17-9-10-18(26)12-15(11-17)14-5-7-16(23)8-6-14/h5-8,13,15,17-18H,9-12H2,1-4H3. The highest BCUT2D eigenvalue weighted by molar-refractivity contribution is 5.93. The molecule has 144 valence electrons. The highest BCUT2D eigenvalue weighted by Gasteiger charge is 2.44. The monoisotopic (exact) mass is 369 g/mol. The third-order valence-corrected chi connectivity index (χ3v) is 6.18. The van der Waals surface area contributed by atoms with E-state index in [1.54, 1.807) is 16.8 Å². The molecule has 0 aliphatic carbocycles. The summed E-state index contributed by atoms with van der Waals surface area (Å²) in [5.74, 6) is 0.314. The van der Waals surface area contributed by atoms with Crippen LogP contribution >= 0.6 is 0 Å². The molecule has 5 heteroatoms. The second-order valence-corrected chi connectivity index (χ2v) is 9.11. The fourth-order valence-corrected chi connectivity index (χ4v) is 4.68. The van der Waals surface area contributed by atoms with Crippen molar-refractivity contribution in [1.82, 2.24) is 14.7 Å². The minimum Gasteiger partial charge on any atom is -0.331 e. The van der Waals surface area contributed by atoms with Crippen LogP contribution in [0.4, 0.5) is 4.39 Å². The molecule has 27 heavy (non-hydrogen) atoms. The molecule has 1 aromatic carbocycles. The van der Waals surface area contributed by atoms with Crippen LogP contribution in [0.25, 0.3) is 0 Å². The Hall–Kier alpha value is -2.17. The summed E-state index contributed by atoms with van der Waals surface area (Å²) in [4.78, 5) is 15.4. The van der Waals surface area contributed by atoms with Crippen LogP contribution in [0.1, 0.15) is 74.1 Å². The molecule has 0 N–H and O–H groups in total. The number of aromatic nitrogens is 2. The molecule has 4 rings (SSSR count). The summed E-state index contributed by atoms with van der Waals surface area (Å²) in [6, 6.07) is 9.35. The van der Waals surface area contributed by atoms with Gasteiger partial charge in [-0.15, -0.1) is 0 Å². The first kappa shape index (κ1) is 18.2. The Morgan fingerprint density at radius 1 is 1.11 bits per heavy atom. The number of halogens is 1. The molecule has 2 aliphatic rings. The fraction of sp³-hybridized carbons (Fsp3) is 0.545. The number of hydrogen-bond acceptors (Lipinski definition) is 2. The van der Waals surface area contributed by atoms with Crippen molar-refractivity contribution in [3.05, 3.63) is 53.1 Å². The van der Waals surface area contributed by atoms with E-state index >= 15 is 0 Å². The van der Waals surface area contributed by atoms with Gasteiger partial charge in [-0.3, -0.25) is 9.48 Å². The van der Waals surface area contributed by atoms with Gasteiger partial charge in [-0.1, -0.05) is 32.9 Å². The van der Waals surface area contributed by atoms with Gasteiger partial charge >= 0.3 is 0 Å². The zero-order valence-corrected chi connectivity index (χ0v) is 16.6. The van der Waals surface area contributed by atoms with Crippen LogP contribution in [0, 0.1) is 5.82 Å². The van der Waals surface area contributed by atoms with Gasteiger partial charge < -0.3 is 4.90 Å². The summed E-state index contributed by atoms with van der Waals surface area (Å²) in [6.07, 6.45) is 4.02. The van der Waals surface area contributed by atoms with E-state index in [0.29, 0.717) is 11.6 Å². The number of rotatable bonds is 2. The number of nitrogens with zero attached hydrogens (tertiary/aromatic N) is 3. The van der Waals surface area contributed by atoms with Crippen molar-refractivity contribution in [3.8, 4) is 0 Å². The van der Waals surface area contributed by atoms with Gasteiger partial charge in [0.15, 0.2) is 0 Å². The largest absolute Gasteiger partial charge is 0.331 e. The molecule has 2 aromatic rings. The molecule has 4 nitrogen and oxygen atoms in total. The number of benzene rings is 1. The van der Waals surface area contributed by atoms with Crippen LogP contribution in [0.3, 0.4) is 0 Å². The molecule has 2 unspecified atom stereocenters. The number of fused-ring (bicyclic) bond motifs is 2. The van der Waals surface area contributed by atoms with Crippen molar-refractivity contribution in [3.63, 3.8) is 0 Å². The quantitative estimate of drug-likeness (QED) is 0.786. The van der Waals surface area contributed by atoms with Crippen LogP contribution in [-0.4, -0.2) is 32.7 Å². The number of carbonyl (C=O) groups excluding carboxylic acids is 1. The van der Waals surface area contributed by atoms with E-state index in [-0.39, 0.29) is 29.2 Å². The predicted molar refractivity (Wildman–Crippen MR) is 103 cm³/mol. The molecular weight excluding hydrogens is 341 g/mol. The van der Waals surface area contributed by atoms with Gasteiger partial charge in [0.05, 0.1) is 5.69 Å². The van der Waals surface area contributed by atoms with E-state index in [1.807, 2.05) is 25.2 Å². The molecule has 0 saturated carbocycles. The Kier molecular flexibility index (Phi) is 4.36. The van der Waals surface area contributed by atoms with E-state index < -0.39 is 0 Å². The molecule has 2 fully saturated rings. The van der Waals surface area contributed by atoms with Crippen LogP contribution in [0.15, 0.2) is 30.3 Å². The lowest BCUT2D eigenvalue weighted by Gasteiger charge is -2.39. The Morgan fingerprint density at radius 2 is 1.70 bits per heavy atom. The van der Waals surface area contributed by atoms with Crippen LogP contribution in [0.2, 0.25) is 0 Å². The van der Waals surface area contributed by atoms with Crippen molar-refractivity contribution in [1.29, 1.82) is 0 Å². The first-order valence-corrected chi connectivity index (χ1v) is 9.86. The smallest absolute Gasteiger partial charge is 0.272 e. The first-order valence-electron chi connectivity index (χ1n) is 9.86. The summed E-state index contributed by atoms with van der Waals surface area (Å²) in [5.41, 5.74) is 2.74. The molecule has 2 aliphatic heterocycles. The van der Waals surface area contributed by atoms with Crippen molar-refractivity contribution in [2.24, 2.45) is 7.05 Å². The van der Waals surface area contributed by atoms with E-state index in [9.17, 15) is 9.18 Å². The highest BCUT2D eigenvalue weighted by atomic mass is 19.1. The predicted octanol–water partition coefficient (Wildman–Crippen LogP) is 4.41. The molecule has 1 aromatic heterocycles. The minimum atomic E-state index is -0.194. The Morgan fingerprint density at radius 3 is 2.22 bits per heavy atom. The lowest BCUT2D eigenvalue weighted by Crippen LogP contribution is -2.46. The second-order valence-electron chi connectivity index (χ2n) is 9.11. The van der Waals surface area contributed by atoms with Crippen molar-refractivity contribution >= 4 is 5.91 Å². The fourth-order valence-electron chi connectivity index (χ4n) is 4.68. The average molecular weight is 369 g/mol. The van der Waals surface area contributed by atoms with Crippen LogP contribution in [-0.2, 0) is 12.5 Å². The zero-order valence-electron chi connectivity index (χ0n) is 16.6. The molecular formula is C22H28FN3O. The number of piperidine rings is 1. The molecule has 2 saturated heterocycles. The number of amides is 1. The van der Waals surface area contributed by atoms with Crippen LogP contribution < -0.4 is 0 Å². The second kappa shape index (κ2) is 6.47. The van der Waals surface area contributed by atoms with Gasteiger partial charge in [-0.25, -0.2) is 4.39 Å². The number of carbonyl (C=O) groups is 1. The summed E-state index contributed by atoms with van der Waals surface area (Å²) < 4.78 is 15.0. The van der Waals surface area contributed by atoms with E-state index in [0.717, 1.165) is 31.4 Å². The summed E-state index contributed by atoms with van der Waals surface area (Å²) >= 11 is 0. The molecule has 3 heterocycles. The van der Waals surface area contributed by atoms with Crippen LogP contribution in [0.5, 0.6) is 0 Å². The van der Waals surface area contributed by atoms with E-state index in [2.05, 4.69) is 30.8 Å². The molecule has 0 spiro atoms. The van der Waals surface area contributed by atoms with Crippen molar-refractivity contribution in [2.75, 3.05) is 0 Å². The Balaban J connectivity index is 1.55. The summed E-state index contributed by atoms with van der Waals surface area (Å²) in [7, 11) is 1.86. The number of hydrogen-bond donors (Lipinski definition) is 0. The van der Waals surface area contributed by atoms with Gasteiger partial charge in [0.25, 0.3) is 5.91 Å². The Bertz CT molecular complexity index is 835. The molecule has 2 atom stereocenters. The lowest BCUT2D eigenvalue weighted by molar-refractivity contribution is 0.0560. The van der Waals surface area contributed by atoms with Gasteiger partial charge in [0.2, 0.25) is 0 Å². The van der Waals surface area contributed by atoms with Gasteiger partial charge in [-0.2, -0.15) is 5.10 Å². The average Bonchev–Trinajstić information content (AvgIpc) is 3.12. The van der Waals surface area contributed by atoms with Gasteiger partial charge in [-0.05, 0) is 55.4 Å². The normalized spacial score (nSPS) is 25.1. The summed E-state index contributed by atoms with van der Waals surface area (Å²) in [5, 5.41) is 4.57. The van der Waals surface area contributed by atoms with Crippen molar-refractivity contribution in [2.45, 2.75) is 69.9 Å². The van der Waals surface area contributed by atoms with Gasteiger partial charge in [0.1, 0.15) is 11.5 Å². The van der Waals surface area contributed by atoms with Gasteiger partial charge in [0, 0.05) is 24.5 Å². The lowest BCUT2D eigenvalue weighted by atomic mass is 9.85. The molecule has 0 radical (unpaired) electrons. The maximum atomic E-state index is 13.3. The maximum absolute atomic E-state index is 13.3. The maximum Gasteiger partial charge on any atom is 0.272 e. The third-order valence-electron chi connectivity index (χ3n) is 6.18. The first-order chi connectivity index (χ1) is 12.7. The zero-order chi connectivity index (χ0) is 19.3. The summed E-state index contributed by atoms with van der Waals surface area (Å²) in [6.45, 7) is 6.34. The number of aryl methyl sites for hydroxylation is 1. The molecule has 1 amide bonds. The SMILES string of the molecule is Cn1nc(C(C)(C)C)cc1C(=O)N1C2CCC1CC(c1ccc(F)cc1)C2. The minimum absolute atomic E-state index is 0.0785. The highest BCUT2D eigenvalue weighted by Crippen LogP contribution is 2.43. The van der Waals surface area contributed by atoms with E-state index in [1.165, 1.54) is 5.56 Å². The molecule has 2 bridgehead atoms. The van der Waals surface area contributed by atoms with E-state index in [4.69, 9.17) is 0 Å². The van der Waals surface area contributed by atoms with Crippen molar-refractivity contribution < 1.29 is 9.18 Å². The third kappa shape index (κ3) is 3.28.